The zero-order valence-corrected chi connectivity index (χ0v) is 15.1. The highest BCUT2D eigenvalue weighted by molar-refractivity contribution is 6.05. The molecule has 4 heteroatoms. The zero-order valence-electron chi connectivity index (χ0n) is 15.1. The fourth-order valence-corrected chi connectivity index (χ4v) is 2.83. The van der Waals surface area contributed by atoms with E-state index in [1.165, 1.54) is 18.4 Å². The van der Waals surface area contributed by atoms with Crippen molar-refractivity contribution in [3.63, 3.8) is 0 Å². The van der Waals surface area contributed by atoms with E-state index in [4.69, 9.17) is 0 Å². The van der Waals surface area contributed by atoms with Gasteiger partial charge in [0.25, 0.3) is 5.91 Å². The number of nitrogens with one attached hydrogen (secondary N) is 2. The molecular formula is C20H27N3O. The fourth-order valence-electron chi connectivity index (χ4n) is 2.83. The molecule has 2 N–H and O–H groups in total. The summed E-state index contributed by atoms with van der Waals surface area (Å²) in [5.41, 5.74) is 5.67. The molecule has 1 amide bonds. The maximum absolute atomic E-state index is 12.6. The Morgan fingerprint density at radius 3 is 2.42 bits per heavy atom. The van der Waals surface area contributed by atoms with Crippen LogP contribution in [0.2, 0.25) is 0 Å². The number of unbranched alkanes of at least 4 members (excludes halogenated alkanes) is 2. The zero-order chi connectivity index (χ0) is 17.5. The fraction of sp³-hybridized carbons (Fsp3) is 0.400. The molecule has 0 atom stereocenters. The van der Waals surface area contributed by atoms with Gasteiger partial charge in [-0.1, -0.05) is 37.5 Å². The van der Waals surface area contributed by atoms with E-state index >= 15 is 0 Å². The first-order valence-electron chi connectivity index (χ1n) is 8.59. The molecule has 1 aromatic heterocycles. The summed E-state index contributed by atoms with van der Waals surface area (Å²) in [5, 5.41) is 6.35. The van der Waals surface area contributed by atoms with Crippen molar-refractivity contribution < 1.29 is 4.79 Å². The predicted molar refractivity (Wildman–Crippen MR) is 101 cm³/mol. The van der Waals surface area contributed by atoms with Gasteiger partial charge in [-0.2, -0.15) is 0 Å². The molecule has 128 valence electrons. The van der Waals surface area contributed by atoms with Crippen molar-refractivity contribution in [2.75, 3.05) is 17.2 Å². The molecule has 0 aliphatic carbocycles. The van der Waals surface area contributed by atoms with Crippen LogP contribution in [0.25, 0.3) is 0 Å². The Kier molecular flexibility index (Phi) is 6.36. The Morgan fingerprint density at radius 2 is 1.75 bits per heavy atom. The number of benzene rings is 1. The molecule has 1 heterocycles. The summed E-state index contributed by atoms with van der Waals surface area (Å²) < 4.78 is 0. The molecule has 0 spiro atoms. The van der Waals surface area contributed by atoms with Crippen molar-refractivity contribution in [2.45, 2.75) is 47.0 Å². The van der Waals surface area contributed by atoms with E-state index in [0.29, 0.717) is 5.56 Å². The summed E-state index contributed by atoms with van der Waals surface area (Å²) in [6.07, 6.45) is 6.87. The van der Waals surface area contributed by atoms with Crippen LogP contribution in [-0.4, -0.2) is 17.4 Å². The molecule has 0 aliphatic rings. The summed E-state index contributed by atoms with van der Waals surface area (Å²) in [6.45, 7) is 9.17. The van der Waals surface area contributed by atoms with Crippen molar-refractivity contribution in [3.05, 3.63) is 52.8 Å². The van der Waals surface area contributed by atoms with Crippen LogP contribution < -0.4 is 10.6 Å². The monoisotopic (exact) mass is 325 g/mol. The van der Waals surface area contributed by atoms with Gasteiger partial charge in [-0.3, -0.25) is 9.78 Å². The lowest BCUT2D eigenvalue weighted by molar-refractivity contribution is 0.102. The molecule has 0 saturated carbocycles. The number of rotatable bonds is 7. The number of amides is 1. The Morgan fingerprint density at radius 1 is 1.04 bits per heavy atom. The number of carbonyl (C=O) groups is 1. The molecular weight excluding hydrogens is 298 g/mol. The first-order valence-corrected chi connectivity index (χ1v) is 8.59. The standard InChI is InChI=1S/C20H27N3O/c1-5-6-7-8-22-18-11-17(12-21-13-18)20(24)23-19-15(3)9-14(2)10-16(19)4/h9-13,22H,5-8H2,1-4H3,(H,23,24). The predicted octanol–water partition coefficient (Wildman–Crippen LogP) is 4.86. The Balaban J connectivity index is 2.07. The first kappa shape index (κ1) is 18.0. The topological polar surface area (TPSA) is 54.0 Å². The molecule has 0 radical (unpaired) electrons. The molecule has 0 aliphatic heterocycles. The number of hydrogen-bond acceptors (Lipinski definition) is 3. The Bertz CT molecular complexity index is 687. The SMILES string of the molecule is CCCCCNc1cncc(C(=O)Nc2c(C)cc(C)cc2C)c1. The van der Waals surface area contributed by atoms with Gasteiger partial charge in [0, 0.05) is 24.6 Å². The third kappa shape index (κ3) is 4.82. The molecule has 0 unspecified atom stereocenters. The number of carbonyl (C=O) groups excluding carboxylic acids is 1. The second kappa shape index (κ2) is 8.48. The average Bonchev–Trinajstić information content (AvgIpc) is 2.55. The van der Waals surface area contributed by atoms with Gasteiger partial charge >= 0.3 is 0 Å². The number of aryl methyl sites for hydroxylation is 3. The smallest absolute Gasteiger partial charge is 0.257 e. The van der Waals surface area contributed by atoms with E-state index < -0.39 is 0 Å². The highest BCUT2D eigenvalue weighted by Gasteiger charge is 2.11. The molecule has 4 nitrogen and oxygen atoms in total. The van der Waals surface area contributed by atoms with Gasteiger partial charge in [0.05, 0.1) is 11.3 Å². The number of hydrogen-bond donors (Lipinski definition) is 2. The van der Waals surface area contributed by atoms with Crippen LogP contribution in [0.15, 0.2) is 30.6 Å². The van der Waals surface area contributed by atoms with Gasteiger partial charge in [0.15, 0.2) is 0 Å². The number of aromatic nitrogens is 1. The van der Waals surface area contributed by atoms with Crippen molar-refractivity contribution in [1.82, 2.24) is 4.98 Å². The van der Waals surface area contributed by atoms with Gasteiger partial charge in [-0.05, 0) is 44.4 Å². The minimum absolute atomic E-state index is 0.130. The third-order valence-electron chi connectivity index (χ3n) is 4.03. The summed E-state index contributed by atoms with van der Waals surface area (Å²) in [4.78, 5) is 16.7. The second-order valence-corrected chi connectivity index (χ2v) is 6.32. The van der Waals surface area contributed by atoms with Crippen LogP contribution in [-0.2, 0) is 0 Å². The number of pyridine rings is 1. The third-order valence-corrected chi connectivity index (χ3v) is 4.03. The molecule has 0 saturated heterocycles. The number of nitrogens with zero attached hydrogens (tertiary/aromatic N) is 1. The summed E-state index contributed by atoms with van der Waals surface area (Å²) in [6, 6.07) is 6.01. The summed E-state index contributed by atoms with van der Waals surface area (Å²) in [5.74, 6) is -0.130. The lowest BCUT2D eigenvalue weighted by atomic mass is 10.0. The maximum atomic E-state index is 12.6. The average molecular weight is 325 g/mol. The van der Waals surface area contributed by atoms with Crippen LogP contribution in [0, 0.1) is 20.8 Å². The molecule has 2 rings (SSSR count). The van der Waals surface area contributed by atoms with E-state index in [0.717, 1.165) is 35.5 Å². The Hall–Kier alpha value is -2.36. The molecule has 2 aromatic rings. The second-order valence-electron chi connectivity index (χ2n) is 6.32. The van der Waals surface area contributed by atoms with Crippen LogP contribution in [0.4, 0.5) is 11.4 Å². The molecule has 24 heavy (non-hydrogen) atoms. The van der Waals surface area contributed by atoms with Gasteiger partial charge in [-0.15, -0.1) is 0 Å². The largest absolute Gasteiger partial charge is 0.384 e. The quantitative estimate of drug-likeness (QED) is 0.715. The summed E-state index contributed by atoms with van der Waals surface area (Å²) in [7, 11) is 0. The van der Waals surface area contributed by atoms with E-state index in [9.17, 15) is 4.79 Å². The Labute approximate surface area is 144 Å². The summed E-state index contributed by atoms with van der Waals surface area (Å²) >= 11 is 0. The highest BCUT2D eigenvalue weighted by atomic mass is 16.1. The van der Waals surface area contributed by atoms with Crippen LogP contribution >= 0.6 is 0 Å². The molecule has 0 bridgehead atoms. The van der Waals surface area contributed by atoms with Gasteiger partial charge in [0.2, 0.25) is 0 Å². The van der Waals surface area contributed by atoms with Gasteiger partial charge in [-0.25, -0.2) is 0 Å². The van der Waals surface area contributed by atoms with E-state index in [1.54, 1.807) is 12.4 Å². The van der Waals surface area contributed by atoms with E-state index in [2.05, 4.69) is 41.6 Å². The van der Waals surface area contributed by atoms with E-state index in [-0.39, 0.29) is 5.91 Å². The minimum Gasteiger partial charge on any atom is -0.384 e. The van der Waals surface area contributed by atoms with Crippen molar-refractivity contribution in [2.24, 2.45) is 0 Å². The van der Waals surface area contributed by atoms with Crippen LogP contribution in [0.3, 0.4) is 0 Å². The van der Waals surface area contributed by atoms with Gasteiger partial charge in [0.1, 0.15) is 0 Å². The van der Waals surface area contributed by atoms with Crippen LogP contribution in [0.5, 0.6) is 0 Å². The first-order chi connectivity index (χ1) is 11.5. The minimum atomic E-state index is -0.130. The van der Waals surface area contributed by atoms with Crippen molar-refractivity contribution in [3.8, 4) is 0 Å². The number of anilines is 2. The van der Waals surface area contributed by atoms with Gasteiger partial charge < -0.3 is 10.6 Å². The normalized spacial score (nSPS) is 10.5. The maximum Gasteiger partial charge on any atom is 0.257 e. The molecule has 0 fully saturated rings. The van der Waals surface area contributed by atoms with E-state index in [1.807, 2.05) is 19.9 Å². The van der Waals surface area contributed by atoms with Crippen molar-refractivity contribution in [1.29, 1.82) is 0 Å². The van der Waals surface area contributed by atoms with Crippen LogP contribution in [0.1, 0.15) is 53.2 Å². The van der Waals surface area contributed by atoms with Crippen molar-refractivity contribution >= 4 is 17.3 Å². The lowest BCUT2D eigenvalue weighted by Gasteiger charge is -2.13. The lowest BCUT2D eigenvalue weighted by Crippen LogP contribution is -2.15. The molecule has 1 aromatic carbocycles. The highest BCUT2D eigenvalue weighted by Crippen LogP contribution is 2.23.